The summed E-state index contributed by atoms with van der Waals surface area (Å²) in [5.74, 6) is -0.835. The maximum Gasteiger partial charge on any atom is 0.262 e. The van der Waals surface area contributed by atoms with E-state index in [1.807, 2.05) is 0 Å². The fourth-order valence-corrected chi connectivity index (χ4v) is 4.98. The summed E-state index contributed by atoms with van der Waals surface area (Å²) >= 11 is 6.08. The molecule has 0 bridgehead atoms. The lowest BCUT2D eigenvalue weighted by molar-refractivity contribution is 0.102. The number of rotatable bonds is 6. The lowest BCUT2D eigenvalue weighted by Crippen LogP contribution is -2.17. The van der Waals surface area contributed by atoms with Crippen molar-refractivity contribution in [2.75, 3.05) is 10.0 Å². The van der Waals surface area contributed by atoms with Gasteiger partial charge in [0.1, 0.15) is 5.82 Å². The van der Waals surface area contributed by atoms with E-state index in [1.54, 1.807) is 62.4 Å². The van der Waals surface area contributed by atoms with Gasteiger partial charge >= 0.3 is 0 Å². The molecule has 0 spiro atoms. The molecule has 1 amide bonds. The molecule has 10 heteroatoms. The van der Waals surface area contributed by atoms with Gasteiger partial charge < -0.3 is 5.32 Å². The van der Waals surface area contributed by atoms with Crippen molar-refractivity contribution in [3.63, 3.8) is 0 Å². The quantitative estimate of drug-likeness (QED) is 0.375. The minimum atomic E-state index is -3.97. The van der Waals surface area contributed by atoms with Crippen LogP contribution in [-0.2, 0) is 10.0 Å². The van der Waals surface area contributed by atoms with Gasteiger partial charge in [0.05, 0.1) is 38.7 Å². The van der Waals surface area contributed by atoms with Crippen molar-refractivity contribution in [1.29, 1.82) is 0 Å². The number of benzene rings is 3. The highest BCUT2D eigenvalue weighted by molar-refractivity contribution is 7.92. The monoisotopic (exact) mass is 498 g/mol. The van der Waals surface area contributed by atoms with Gasteiger partial charge in [-0.15, -0.1) is 0 Å². The summed E-state index contributed by atoms with van der Waals surface area (Å²) in [6.45, 7) is 3.37. The summed E-state index contributed by atoms with van der Waals surface area (Å²) in [7, 11) is -3.97. The second-order valence-corrected chi connectivity index (χ2v) is 9.61. The summed E-state index contributed by atoms with van der Waals surface area (Å²) in [5.41, 5.74) is 2.49. The fraction of sp³-hybridized carbons (Fsp3) is 0.0833. The van der Waals surface area contributed by atoms with Crippen molar-refractivity contribution in [3.05, 3.63) is 101 Å². The van der Waals surface area contributed by atoms with Gasteiger partial charge in [-0.25, -0.2) is 17.5 Å². The van der Waals surface area contributed by atoms with E-state index in [0.717, 1.165) is 0 Å². The van der Waals surface area contributed by atoms with Crippen molar-refractivity contribution < 1.29 is 17.6 Å². The summed E-state index contributed by atoms with van der Waals surface area (Å²) in [5, 5.41) is 7.20. The average Bonchev–Trinajstić information content (AvgIpc) is 3.18. The normalized spacial score (nSPS) is 11.3. The summed E-state index contributed by atoms with van der Waals surface area (Å²) in [4.78, 5) is 12.9. The molecular formula is C24H20ClFN4O3S. The van der Waals surface area contributed by atoms with Gasteiger partial charge in [-0.3, -0.25) is 9.52 Å². The molecule has 0 saturated carbocycles. The third-order valence-electron chi connectivity index (χ3n) is 5.18. The highest BCUT2D eigenvalue weighted by Crippen LogP contribution is 2.27. The summed E-state index contributed by atoms with van der Waals surface area (Å²) in [6, 6.07) is 16.8. The number of nitrogens with one attached hydrogen (secondary N) is 2. The molecular weight excluding hydrogens is 479 g/mol. The highest BCUT2D eigenvalue weighted by Gasteiger charge is 2.21. The number of hydrogen-bond donors (Lipinski definition) is 2. The molecule has 3 aromatic carbocycles. The maximum absolute atomic E-state index is 13.2. The van der Waals surface area contributed by atoms with Crippen LogP contribution in [0.15, 0.2) is 77.8 Å². The van der Waals surface area contributed by atoms with Crippen LogP contribution in [0, 0.1) is 19.7 Å². The fourth-order valence-electron chi connectivity index (χ4n) is 3.38. The number of carbonyl (C=O) groups excluding carboxylic acids is 1. The molecule has 4 rings (SSSR count). The van der Waals surface area contributed by atoms with Crippen molar-refractivity contribution in [3.8, 4) is 5.69 Å². The first-order chi connectivity index (χ1) is 16.2. The number of para-hydroxylation sites is 1. The van der Waals surface area contributed by atoms with Crippen molar-refractivity contribution in [2.24, 2.45) is 0 Å². The molecule has 0 radical (unpaired) electrons. The molecule has 1 heterocycles. The third-order valence-corrected chi connectivity index (χ3v) is 7.02. The van der Waals surface area contributed by atoms with Crippen LogP contribution in [0.2, 0.25) is 5.02 Å². The second kappa shape index (κ2) is 9.28. The Morgan fingerprint density at radius 2 is 1.74 bits per heavy atom. The van der Waals surface area contributed by atoms with Crippen LogP contribution in [0.25, 0.3) is 5.69 Å². The number of sulfonamides is 1. The molecule has 4 aromatic rings. The van der Waals surface area contributed by atoms with E-state index < -0.39 is 15.9 Å². The number of aryl methyl sites for hydroxylation is 1. The van der Waals surface area contributed by atoms with Crippen LogP contribution in [-0.4, -0.2) is 24.1 Å². The Hall–Kier alpha value is -3.69. The molecule has 0 fully saturated rings. The Morgan fingerprint density at radius 3 is 2.44 bits per heavy atom. The van der Waals surface area contributed by atoms with Gasteiger partial charge in [-0.05, 0) is 67.9 Å². The van der Waals surface area contributed by atoms with Gasteiger partial charge in [0.15, 0.2) is 0 Å². The molecule has 0 aliphatic rings. The van der Waals surface area contributed by atoms with E-state index in [2.05, 4.69) is 15.1 Å². The van der Waals surface area contributed by atoms with Crippen LogP contribution >= 0.6 is 11.6 Å². The van der Waals surface area contributed by atoms with E-state index in [1.165, 1.54) is 29.1 Å². The SMILES string of the molecule is Cc1ccc(NC(=O)c2cnn(-c3ccc(F)cc3)c2C)cc1S(=O)(=O)Nc1ccccc1Cl. The Morgan fingerprint density at radius 1 is 1.03 bits per heavy atom. The number of hydrogen-bond acceptors (Lipinski definition) is 4. The van der Waals surface area contributed by atoms with E-state index in [9.17, 15) is 17.6 Å². The van der Waals surface area contributed by atoms with Crippen molar-refractivity contribution in [1.82, 2.24) is 9.78 Å². The standard InChI is InChI=1S/C24H20ClFN4O3S/c1-15-7-10-18(13-23(15)34(32,33)29-22-6-4-3-5-21(22)25)28-24(31)20-14-27-30(16(20)2)19-11-8-17(26)9-12-19/h3-14,29H,1-2H3,(H,28,31). The molecule has 0 aliphatic heterocycles. The lowest BCUT2D eigenvalue weighted by Gasteiger charge is -2.13. The minimum absolute atomic E-state index is 0.00366. The Balaban J connectivity index is 1.59. The molecule has 0 atom stereocenters. The zero-order valence-electron chi connectivity index (χ0n) is 18.2. The molecule has 34 heavy (non-hydrogen) atoms. The maximum atomic E-state index is 13.2. The van der Waals surface area contributed by atoms with Gasteiger partial charge in [-0.2, -0.15) is 5.10 Å². The number of nitrogens with zero attached hydrogens (tertiary/aromatic N) is 2. The van der Waals surface area contributed by atoms with Crippen LogP contribution in [0.5, 0.6) is 0 Å². The summed E-state index contributed by atoms with van der Waals surface area (Å²) in [6.07, 6.45) is 1.40. The Labute approximate surface area is 201 Å². The van der Waals surface area contributed by atoms with Crippen LogP contribution in [0.3, 0.4) is 0 Å². The van der Waals surface area contributed by atoms with E-state index in [4.69, 9.17) is 11.6 Å². The predicted octanol–water partition coefficient (Wildman–Crippen LogP) is 5.33. The molecule has 0 unspecified atom stereocenters. The van der Waals surface area contributed by atoms with Crippen LogP contribution in [0.4, 0.5) is 15.8 Å². The van der Waals surface area contributed by atoms with Crippen molar-refractivity contribution >= 4 is 38.9 Å². The van der Waals surface area contributed by atoms with Gasteiger partial charge in [0.25, 0.3) is 15.9 Å². The number of anilines is 2. The number of carbonyl (C=O) groups is 1. The third kappa shape index (κ3) is 4.80. The molecule has 2 N–H and O–H groups in total. The Bertz CT molecular complexity index is 1480. The van der Waals surface area contributed by atoms with Gasteiger partial charge in [-0.1, -0.05) is 29.8 Å². The van der Waals surface area contributed by atoms with Crippen LogP contribution in [0.1, 0.15) is 21.6 Å². The first-order valence-electron chi connectivity index (χ1n) is 10.2. The zero-order chi connectivity index (χ0) is 24.5. The smallest absolute Gasteiger partial charge is 0.262 e. The van der Waals surface area contributed by atoms with Crippen molar-refractivity contribution in [2.45, 2.75) is 18.7 Å². The van der Waals surface area contributed by atoms with Crippen LogP contribution < -0.4 is 10.0 Å². The first-order valence-corrected chi connectivity index (χ1v) is 12.0. The number of aromatic nitrogens is 2. The topological polar surface area (TPSA) is 93.1 Å². The van der Waals surface area contributed by atoms with Gasteiger partial charge in [0, 0.05) is 5.69 Å². The van der Waals surface area contributed by atoms with E-state index >= 15 is 0 Å². The molecule has 1 aromatic heterocycles. The Kier molecular flexibility index (Phi) is 6.41. The van der Waals surface area contributed by atoms with E-state index in [0.29, 0.717) is 28.2 Å². The molecule has 0 aliphatic carbocycles. The highest BCUT2D eigenvalue weighted by atomic mass is 35.5. The predicted molar refractivity (Wildman–Crippen MR) is 130 cm³/mol. The summed E-state index contributed by atoms with van der Waals surface area (Å²) < 4.78 is 43.2. The van der Waals surface area contributed by atoms with E-state index in [-0.39, 0.29) is 21.4 Å². The largest absolute Gasteiger partial charge is 0.322 e. The van der Waals surface area contributed by atoms with Gasteiger partial charge in [0.2, 0.25) is 0 Å². The average molecular weight is 499 g/mol. The lowest BCUT2D eigenvalue weighted by atomic mass is 10.2. The number of halogens is 2. The molecule has 7 nitrogen and oxygen atoms in total. The molecule has 0 saturated heterocycles. The minimum Gasteiger partial charge on any atom is -0.322 e. The molecule has 174 valence electrons. The number of amides is 1. The zero-order valence-corrected chi connectivity index (χ0v) is 19.8. The second-order valence-electron chi connectivity index (χ2n) is 7.55. The first kappa shape index (κ1) is 23.5.